The molecule has 0 aromatic rings. The van der Waals surface area contributed by atoms with Gasteiger partial charge in [0, 0.05) is 0 Å². The van der Waals surface area contributed by atoms with Gasteiger partial charge >= 0.3 is 83.0 Å². The van der Waals surface area contributed by atoms with Crippen molar-refractivity contribution in [2.75, 3.05) is 0 Å². The van der Waals surface area contributed by atoms with E-state index < -0.39 is 48.3 Å². The van der Waals surface area contributed by atoms with Crippen molar-refractivity contribution >= 4 is 23.9 Å². The van der Waals surface area contributed by atoms with Crippen molar-refractivity contribution < 1.29 is 122 Å². The van der Waals surface area contributed by atoms with Crippen molar-refractivity contribution in [2.24, 2.45) is 0 Å². The first-order valence-electron chi connectivity index (χ1n) is 4.57. The average Bonchev–Trinajstić information content (AvgIpc) is 2.35. The minimum atomic E-state index is -2.27. The minimum absolute atomic E-state index is 0. The smallest absolute Gasteiger partial charge is 1.00 e. The quantitative estimate of drug-likeness (QED) is 0.209. The Balaban J connectivity index is -0.0000000579. The molecule has 0 spiro atoms. The molecular formula is C8H14Na2O12. The molecule has 0 aliphatic rings. The van der Waals surface area contributed by atoms with Crippen molar-refractivity contribution in [2.45, 2.75) is 24.4 Å². The van der Waals surface area contributed by atoms with Crippen LogP contribution in [0.4, 0.5) is 0 Å². The molecule has 0 fully saturated rings. The summed E-state index contributed by atoms with van der Waals surface area (Å²) in [5, 5.41) is 65.1. The number of rotatable bonds is 6. The van der Waals surface area contributed by atoms with E-state index in [-0.39, 0.29) is 62.0 Å². The topological polar surface area (TPSA) is 230 Å². The SMILES string of the molecule is O=C(O)C(O)C(O)C(=O)O.O=C(O)C(O)C(O)C(=O)O.[H-].[H-].[Na+].[Na+]. The van der Waals surface area contributed by atoms with Crippen molar-refractivity contribution in [1.82, 2.24) is 0 Å². The summed E-state index contributed by atoms with van der Waals surface area (Å²) in [7, 11) is 0. The number of carbonyl (C=O) groups is 4. The number of aliphatic hydroxyl groups is 4. The number of aliphatic carboxylic acids is 4. The molecule has 0 amide bonds. The van der Waals surface area contributed by atoms with Crippen LogP contribution >= 0.6 is 0 Å². The molecular weight excluding hydrogens is 334 g/mol. The van der Waals surface area contributed by atoms with Crippen molar-refractivity contribution in [3.8, 4) is 0 Å². The van der Waals surface area contributed by atoms with E-state index in [1.54, 1.807) is 0 Å². The van der Waals surface area contributed by atoms with E-state index in [1.165, 1.54) is 0 Å². The molecule has 0 aromatic heterocycles. The summed E-state index contributed by atoms with van der Waals surface area (Å²) in [6.45, 7) is 0. The maximum atomic E-state index is 9.77. The average molecular weight is 348 g/mol. The predicted molar refractivity (Wildman–Crippen MR) is 56.8 cm³/mol. The summed E-state index contributed by atoms with van der Waals surface area (Å²) >= 11 is 0. The molecule has 120 valence electrons. The van der Waals surface area contributed by atoms with Crippen LogP contribution in [0.2, 0.25) is 0 Å². The van der Waals surface area contributed by atoms with Gasteiger partial charge in [0.05, 0.1) is 0 Å². The third-order valence-corrected chi connectivity index (χ3v) is 1.61. The maximum Gasteiger partial charge on any atom is 1.00 e. The second-order valence-corrected chi connectivity index (χ2v) is 3.13. The Bertz CT molecular complexity index is 323. The first kappa shape index (κ1) is 29.7. The zero-order valence-electron chi connectivity index (χ0n) is 13.5. The number of hydrogen-bond donors (Lipinski definition) is 8. The number of hydrogen-bond acceptors (Lipinski definition) is 8. The Morgan fingerprint density at radius 3 is 0.636 bits per heavy atom. The zero-order valence-corrected chi connectivity index (χ0v) is 15.5. The Morgan fingerprint density at radius 2 is 0.591 bits per heavy atom. The molecule has 0 bridgehead atoms. The van der Waals surface area contributed by atoms with Crippen molar-refractivity contribution in [1.29, 1.82) is 0 Å². The van der Waals surface area contributed by atoms with Gasteiger partial charge < -0.3 is 43.7 Å². The second-order valence-electron chi connectivity index (χ2n) is 3.13. The molecule has 4 atom stereocenters. The summed E-state index contributed by atoms with van der Waals surface area (Å²) in [5.74, 6) is -7.07. The molecule has 8 N–H and O–H groups in total. The molecule has 14 heteroatoms. The van der Waals surface area contributed by atoms with Gasteiger partial charge in [-0.25, -0.2) is 19.2 Å². The van der Waals surface area contributed by atoms with Gasteiger partial charge in [-0.1, -0.05) is 0 Å². The number of carboxylic acids is 4. The summed E-state index contributed by atoms with van der Waals surface area (Å²) in [6, 6.07) is 0. The first-order valence-corrected chi connectivity index (χ1v) is 4.57. The molecule has 0 rings (SSSR count). The largest absolute Gasteiger partial charge is 1.00 e. The summed E-state index contributed by atoms with van der Waals surface area (Å²) < 4.78 is 0. The fourth-order valence-electron chi connectivity index (χ4n) is 0.540. The Morgan fingerprint density at radius 1 is 0.500 bits per heavy atom. The maximum absolute atomic E-state index is 9.77. The van der Waals surface area contributed by atoms with Crippen LogP contribution in [0.3, 0.4) is 0 Å². The number of aliphatic hydroxyl groups excluding tert-OH is 4. The van der Waals surface area contributed by atoms with Gasteiger partial charge in [-0.2, -0.15) is 0 Å². The molecule has 0 aromatic carbocycles. The van der Waals surface area contributed by atoms with Crippen LogP contribution in [0, 0.1) is 0 Å². The van der Waals surface area contributed by atoms with E-state index in [1.807, 2.05) is 0 Å². The minimum Gasteiger partial charge on any atom is -1.00 e. The van der Waals surface area contributed by atoms with E-state index in [4.69, 9.17) is 40.9 Å². The summed E-state index contributed by atoms with van der Waals surface area (Å²) in [5.41, 5.74) is 0. The molecule has 0 saturated heterocycles. The van der Waals surface area contributed by atoms with Crippen molar-refractivity contribution in [3.63, 3.8) is 0 Å². The van der Waals surface area contributed by atoms with Gasteiger partial charge in [-0.05, 0) is 0 Å². The van der Waals surface area contributed by atoms with Crippen molar-refractivity contribution in [3.05, 3.63) is 0 Å². The Hall–Kier alpha value is -0.280. The first-order chi connectivity index (χ1) is 8.93. The molecule has 0 aliphatic carbocycles. The molecule has 12 nitrogen and oxygen atoms in total. The zero-order chi connectivity index (χ0) is 16.6. The molecule has 0 aliphatic heterocycles. The van der Waals surface area contributed by atoms with Crippen LogP contribution in [0.5, 0.6) is 0 Å². The molecule has 0 heterocycles. The van der Waals surface area contributed by atoms with E-state index >= 15 is 0 Å². The van der Waals surface area contributed by atoms with E-state index in [9.17, 15) is 19.2 Å². The van der Waals surface area contributed by atoms with Crippen LogP contribution in [0.25, 0.3) is 0 Å². The van der Waals surface area contributed by atoms with E-state index in [2.05, 4.69) is 0 Å². The molecule has 4 unspecified atom stereocenters. The summed E-state index contributed by atoms with van der Waals surface area (Å²) in [6.07, 6.45) is -9.06. The molecule has 22 heavy (non-hydrogen) atoms. The Kier molecular flexibility index (Phi) is 19.3. The third kappa shape index (κ3) is 12.3. The molecule has 0 radical (unpaired) electrons. The van der Waals surface area contributed by atoms with Crippen LogP contribution in [-0.4, -0.2) is 89.1 Å². The van der Waals surface area contributed by atoms with Gasteiger partial charge in [0.15, 0.2) is 24.4 Å². The normalized spacial score (nSPS) is 14.4. The number of carboxylic acid groups (broad SMARTS) is 4. The van der Waals surface area contributed by atoms with E-state index in [0.717, 1.165) is 0 Å². The third-order valence-electron chi connectivity index (χ3n) is 1.61. The standard InChI is InChI=1S/2C4H6O6.2Na.2H/c2*5-1(3(7)8)2(6)4(9)10;;;;/h2*1-2,5-6H,(H,7,8)(H,9,10);;;;/q;;2*+1;2*-1. The van der Waals surface area contributed by atoms with Gasteiger partial charge in [-0.3, -0.25) is 0 Å². The molecule has 0 saturated carbocycles. The van der Waals surface area contributed by atoms with E-state index in [0.29, 0.717) is 0 Å². The predicted octanol–water partition coefficient (Wildman–Crippen LogP) is -10.0. The second kappa shape index (κ2) is 14.3. The van der Waals surface area contributed by atoms with Crippen LogP contribution in [-0.2, 0) is 19.2 Å². The van der Waals surface area contributed by atoms with Crippen LogP contribution in [0.15, 0.2) is 0 Å². The van der Waals surface area contributed by atoms with Gasteiger partial charge in [0.1, 0.15) is 0 Å². The fraction of sp³-hybridized carbons (Fsp3) is 0.500. The summed E-state index contributed by atoms with van der Waals surface area (Å²) in [4.78, 5) is 39.1. The van der Waals surface area contributed by atoms with Gasteiger partial charge in [0.2, 0.25) is 0 Å². The van der Waals surface area contributed by atoms with Crippen LogP contribution in [0.1, 0.15) is 2.85 Å². The monoisotopic (exact) mass is 348 g/mol. The Labute approximate surface area is 169 Å². The fourth-order valence-corrected chi connectivity index (χ4v) is 0.540. The van der Waals surface area contributed by atoms with Gasteiger partial charge in [-0.15, -0.1) is 0 Å². The van der Waals surface area contributed by atoms with Gasteiger partial charge in [0.25, 0.3) is 0 Å². The van der Waals surface area contributed by atoms with Crippen LogP contribution < -0.4 is 59.1 Å².